The van der Waals surface area contributed by atoms with Gasteiger partial charge in [-0.2, -0.15) is 4.98 Å². The molecule has 0 aromatic carbocycles. The number of hydrogen-bond acceptors (Lipinski definition) is 3. The number of nitrogens with zero attached hydrogens (tertiary/aromatic N) is 2. The van der Waals surface area contributed by atoms with Crippen LogP contribution in [0.25, 0.3) is 11.2 Å². The van der Waals surface area contributed by atoms with E-state index >= 15 is 0 Å². The molecule has 0 bridgehead atoms. The van der Waals surface area contributed by atoms with Gasteiger partial charge in [-0.05, 0) is 26.7 Å². The van der Waals surface area contributed by atoms with Crippen LogP contribution < -0.4 is 5.69 Å². The highest BCUT2D eigenvalue weighted by molar-refractivity contribution is 5.71. The van der Waals surface area contributed by atoms with E-state index in [9.17, 15) is 4.79 Å². The normalized spacial score (nSPS) is 10.6. The third-order valence-electron chi connectivity index (χ3n) is 2.33. The second kappa shape index (κ2) is 4.30. The van der Waals surface area contributed by atoms with Gasteiger partial charge in [0.2, 0.25) is 0 Å². The highest BCUT2D eigenvalue weighted by Gasteiger charge is 2.05. The van der Waals surface area contributed by atoms with Gasteiger partial charge in [0.1, 0.15) is 5.52 Å². The van der Waals surface area contributed by atoms with E-state index in [4.69, 9.17) is 0 Å². The molecule has 0 spiro atoms. The SMILES string of the molecule is CC(C)=CCCc1[nH]c(=O)nc2nc[nH]c12. The Morgan fingerprint density at radius 3 is 3.06 bits per heavy atom. The number of imidazole rings is 1. The molecular formula is C11H14N4O. The third-order valence-corrected chi connectivity index (χ3v) is 2.33. The average molecular weight is 218 g/mol. The minimum atomic E-state index is -0.341. The number of hydrogen-bond donors (Lipinski definition) is 2. The van der Waals surface area contributed by atoms with E-state index in [-0.39, 0.29) is 5.69 Å². The Morgan fingerprint density at radius 1 is 1.50 bits per heavy atom. The van der Waals surface area contributed by atoms with E-state index < -0.39 is 0 Å². The lowest BCUT2D eigenvalue weighted by Crippen LogP contribution is -2.13. The Hall–Kier alpha value is -1.91. The molecule has 16 heavy (non-hydrogen) atoms. The molecule has 0 aliphatic carbocycles. The first-order valence-corrected chi connectivity index (χ1v) is 5.22. The van der Waals surface area contributed by atoms with Gasteiger partial charge in [-0.15, -0.1) is 0 Å². The summed E-state index contributed by atoms with van der Waals surface area (Å²) in [5.41, 5.74) is 3.10. The molecule has 84 valence electrons. The maximum absolute atomic E-state index is 11.3. The predicted molar refractivity (Wildman–Crippen MR) is 62.3 cm³/mol. The summed E-state index contributed by atoms with van der Waals surface area (Å²) in [4.78, 5) is 24.7. The van der Waals surface area contributed by atoms with Crippen LogP contribution in [0.3, 0.4) is 0 Å². The van der Waals surface area contributed by atoms with Crippen molar-refractivity contribution >= 4 is 11.2 Å². The molecule has 0 aliphatic heterocycles. The number of nitrogens with one attached hydrogen (secondary N) is 2. The van der Waals surface area contributed by atoms with Crippen LogP contribution in [0.15, 0.2) is 22.8 Å². The molecule has 2 N–H and O–H groups in total. The summed E-state index contributed by atoms with van der Waals surface area (Å²) < 4.78 is 0. The van der Waals surface area contributed by atoms with Gasteiger partial charge in [0.15, 0.2) is 5.65 Å². The Bertz CT molecular complexity index is 575. The molecule has 2 rings (SSSR count). The van der Waals surface area contributed by atoms with Crippen LogP contribution in [0.1, 0.15) is 26.0 Å². The van der Waals surface area contributed by atoms with Crippen LogP contribution in [0, 0.1) is 0 Å². The Labute approximate surface area is 92.6 Å². The van der Waals surface area contributed by atoms with Gasteiger partial charge in [-0.3, -0.25) is 0 Å². The maximum Gasteiger partial charge on any atom is 0.347 e. The summed E-state index contributed by atoms with van der Waals surface area (Å²) in [6.45, 7) is 4.11. The van der Waals surface area contributed by atoms with Gasteiger partial charge in [-0.1, -0.05) is 11.6 Å². The standard InChI is InChI=1S/C11H14N4O/c1-7(2)4-3-5-8-9-10(13-6-12-9)15-11(16)14-8/h4,6H,3,5H2,1-2H3,(H2,12,13,14,15,16). The zero-order valence-electron chi connectivity index (χ0n) is 9.37. The maximum atomic E-state index is 11.3. The van der Waals surface area contributed by atoms with Gasteiger partial charge in [-0.25, -0.2) is 9.78 Å². The van der Waals surface area contributed by atoms with Crippen molar-refractivity contribution in [2.75, 3.05) is 0 Å². The molecule has 0 radical (unpaired) electrons. The number of H-pyrrole nitrogens is 2. The highest BCUT2D eigenvalue weighted by atomic mass is 16.1. The number of aromatic nitrogens is 4. The molecule has 0 fully saturated rings. The molecule has 2 aromatic rings. The molecular weight excluding hydrogens is 204 g/mol. The lowest BCUT2D eigenvalue weighted by Gasteiger charge is -1.99. The summed E-state index contributed by atoms with van der Waals surface area (Å²) in [6.07, 6.45) is 5.37. The van der Waals surface area contributed by atoms with E-state index in [0.29, 0.717) is 5.65 Å². The first-order valence-electron chi connectivity index (χ1n) is 5.22. The van der Waals surface area contributed by atoms with Gasteiger partial charge in [0, 0.05) is 5.69 Å². The van der Waals surface area contributed by atoms with Crippen molar-refractivity contribution in [3.8, 4) is 0 Å². The third kappa shape index (κ3) is 2.18. The first-order chi connectivity index (χ1) is 7.66. The van der Waals surface area contributed by atoms with E-state index in [1.54, 1.807) is 6.33 Å². The molecule has 0 saturated heterocycles. The molecule has 0 amide bonds. The molecule has 0 unspecified atom stereocenters. The summed E-state index contributed by atoms with van der Waals surface area (Å²) in [5.74, 6) is 0. The fraction of sp³-hybridized carbons (Fsp3) is 0.364. The number of allylic oxidation sites excluding steroid dienone is 2. The van der Waals surface area contributed by atoms with Gasteiger partial charge in [0.05, 0.1) is 6.33 Å². The molecule has 0 atom stereocenters. The number of aryl methyl sites for hydroxylation is 1. The van der Waals surface area contributed by atoms with Crippen LogP contribution in [0.5, 0.6) is 0 Å². The fourth-order valence-electron chi connectivity index (χ4n) is 1.60. The predicted octanol–water partition coefficient (Wildman–Crippen LogP) is 1.54. The van der Waals surface area contributed by atoms with Crippen LogP contribution in [-0.2, 0) is 6.42 Å². The zero-order chi connectivity index (χ0) is 11.5. The van der Waals surface area contributed by atoms with Crippen molar-refractivity contribution in [1.29, 1.82) is 0 Å². The fourth-order valence-corrected chi connectivity index (χ4v) is 1.60. The van der Waals surface area contributed by atoms with Crippen LogP contribution in [0.4, 0.5) is 0 Å². The summed E-state index contributed by atoms with van der Waals surface area (Å²) in [7, 11) is 0. The molecule has 2 heterocycles. The average Bonchev–Trinajstić information content (AvgIpc) is 2.64. The summed E-state index contributed by atoms with van der Waals surface area (Å²) >= 11 is 0. The second-order valence-corrected chi connectivity index (χ2v) is 3.94. The lowest BCUT2D eigenvalue weighted by atomic mass is 10.2. The van der Waals surface area contributed by atoms with Crippen molar-refractivity contribution < 1.29 is 0 Å². The van der Waals surface area contributed by atoms with E-state index in [1.165, 1.54) is 5.57 Å². The summed E-state index contributed by atoms with van der Waals surface area (Å²) in [5, 5.41) is 0. The van der Waals surface area contributed by atoms with Crippen molar-refractivity contribution in [2.24, 2.45) is 0 Å². The van der Waals surface area contributed by atoms with Gasteiger partial charge >= 0.3 is 5.69 Å². The molecule has 5 nitrogen and oxygen atoms in total. The topological polar surface area (TPSA) is 74.4 Å². The molecule has 5 heteroatoms. The zero-order valence-corrected chi connectivity index (χ0v) is 9.37. The van der Waals surface area contributed by atoms with Crippen LogP contribution in [0.2, 0.25) is 0 Å². The Balaban J connectivity index is 2.32. The Kier molecular flexibility index (Phi) is 2.85. The highest BCUT2D eigenvalue weighted by Crippen LogP contribution is 2.10. The number of aromatic amines is 2. The van der Waals surface area contributed by atoms with Crippen molar-refractivity contribution in [1.82, 2.24) is 19.9 Å². The molecule has 0 saturated carbocycles. The Morgan fingerprint density at radius 2 is 2.31 bits per heavy atom. The molecule has 2 aromatic heterocycles. The van der Waals surface area contributed by atoms with E-state index in [2.05, 4.69) is 39.9 Å². The van der Waals surface area contributed by atoms with E-state index in [1.807, 2.05) is 0 Å². The second-order valence-electron chi connectivity index (χ2n) is 3.94. The van der Waals surface area contributed by atoms with Crippen molar-refractivity contribution in [3.63, 3.8) is 0 Å². The smallest absolute Gasteiger partial charge is 0.342 e. The van der Waals surface area contributed by atoms with Crippen molar-refractivity contribution in [2.45, 2.75) is 26.7 Å². The van der Waals surface area contributed by atoms with E-state index in [0.717, 1.165) is 24.1 Å². The van der Waals surface area contributed by atoms with Crippen LogP contribution >= 0.6 is 0 Å². The van der Waals surface area contributed by atoms with Gasteiger partial charge in [0.25, 0.3) is 0 Å². The largest absolute Gasteiger partial charge is 0.347 e. The number of fused-ring (bicyclic) bond motifs is 1. The minimum absolute atomic E-state index is 0.341. The van der Waals surface area contributed by atoms with Gasteiger partial charge < -0.3 is 9.97 Å². The minimum Gasteiger partial charge on any atom is -0.342 e. The van der Waals surface area contributed by atoms with Crippen molar-refractivity contribution in [3.05, 3.63) is 34.2 Å². The lowest BCUT2D eigenvalue weighted by molar-refractivity contribution is 0.915. The monoisotopic (exact) mass is 218 g/mol. The summed E-state index contributed by atoms with van der Waals surface area (Å²) in [6, 6.07) is 0. The quantitative estimate of drug-likeness (QED) is 0.767. The molecule has 0 aliphatic rings. The number of rotatable bonds is 3. The first kappa shape index (κ1) is 10.6. The van der Waals surface area contributed by atoms with Crippen LogP contribution in [-0.4, -0.2) is 19.9 Å².